The fraction of sp³-hybridized carbons (Fsp3) is 0.455. The zero-order valence-corrected chi connectivity index (χ0v) is 9.53. The minimum atomic E-state index is -2.43. The number of ketones is 6. The lowest BCUT2D eigenvalue weighted by Gasteiger charge is -2.24. The minimum absolute atomic E-state index is 0.834. The number of Topliss-reactive ketones (excluding diaryl/α,β-unsaturated/α-hetero) is 6. The Labute approximate surface area is 96.4 Å². The molecule has 0 spiro atoms. The predicted octanol–water partition coefficient (Wildman–Crippen LogP) is -0.923. The number of hydrogen-bond donors (Lipinski definition) is 0. The van der Waals surface area contributed by atoms with E-state index in [1.165, 1.54) is 0 Å². The van der Waals surface area contributed by atoms with Crippen molar-refractivity contribution in [1.82, 2.24) is 0 Å². The lowest BCUT2D eigenvalue weighted by molar-refractivity contribution is -0.153. The van der Waals surface area contributed by atoms with E-state index in [1.807, 2.05) is 0 Å². The summed E-state index contributed by atoms with van der Waals surface area (Å²) in [4.78, 5) is 68.8. The Bertz CT molecular complexity index is 470. The van der Waals surface area contributed by atoms with Gasteiger partial charge in [0.2, 0.25) is 11.6 Å². The van der Waals surface area contributed by atoms with Crippen LogP contribution in [0.5, 0.6) is 0 Å². The molecule has 1 aliphatic carbocycles. The Morgan fingerprint density at radius 1 is 0.941 bits per heavy atom. The maximum Gasteiger partial charge on any atom is 0.266 e. The van der Waals surface area contributed by atoms with E-state index >= 15 is 0 Å². The van der Waals surface area contributed by atoms with Crippen molar-refractivity contribution in [1.29, 1.82) is 0 Å². The van der Waals surface area contributed by atoms with Crippen LogP contribution in [0.3, 0.4) is 0 Å². The summed E-state index contributed by atoms with van der Waals surface area (Å²) in [5, 5.41) is 0. The van der Waals surface area contributed by atoms with Crippen LogP contribution in [0, 0.1) is 11.3 Å². The predicted molar refractivity (Wildman–Crippen MR) is 53.0 cm³/mol. The summed E-state index contributed by atoms with van der Waals surface area (Å²) < 4.78 is 0. The molecule has 1 aliphatic rings. The molecule has 0 amide bonds. The second-order valence-electron chi connectivity index (χ2n) is 3.99. The molecule has 0 radical (unpaired) electrons. The third-order valence-electron chi connectivity index (χ3n) is 3.00. The van der Waals surface area contributed by atoms with Crippen LogP contribution in [-0.2, 0) is 28.8 Å². The molecule has 0 N–H and O–H groups in total. The van der Waals surface area contributed by atoms with E-state index in [-0.39, 0.29) is 0 Å². The van der Waals surface area contributed by atoms with E-state index in [2.05, 4.69) is 0 Å². The Hall–Kier alpha value is -1.98. The normalized spacial score (nSPS) is 22.8. The molecule has 1 atom stereocenters. The summed E-state index contributed by atoms with van der Waals surface area (Å²) in [5.74, 6) is -8.63. The number of carbonyl (C=O) groups excluding carboxylic acids is 6. The first-order valence-electron chi connectivity index (χ1n) is 4.84. The first-order valence-corrected chi connectivity index (χ1v) is 4.84. The van der Waals surface area contributed by atoms with E-state index in [4.69, 9.17) is 0 Å². The first-order chi connectivity index (χ1) is 7.68. The Balaban J connectivity index is 3.65. The summed E-state index contributed by atoms with van der Waals surface area (Å²) in [5.41, 5.74) is -2.43. The molecule has 6 heteroatoms. The number of rotatable bonds is 3. The molecule has 0 heterocycles. The molecule has 1 rings (SSSR count). The zero-order valence-electron chi connectivity index (χ0n) is 9.53. The highest BCUT2D eigenvalue weighted by Crippen LogP contribution is 2.39. The quantitative estimate of drug-likeness (QED) is 0.465. The number of hydrogen-bond acceptors (Lipinski definition) is 6. The van der Waals surface area contributed by atoms with Crippen LogP contribution in [0.1, 0.15) is 20.8 Å². The van der Waals surface area contributed by atoms with Gasteiger partial charge in [-0.3, -0.25) is 28.8 Å². The van der Waals surface area contributed by atoms with Crippen LogP contribution in [-0.4, -0.2) is 34.7 Å². The third kappa shape index (κ3) is 1.40. The molecule has 1 unspecified atom stereocenters. The van der Waals surface area contributed by atoms with Crippen LogP contribution < -0.4 is 0 Å². The average molecular weight is 238 g/mol. The molecule has 1 fully saturated rings. The van der Waals surface area contributed by atoms with Gasteiger partial charge in [0, 0.05) is 0 Å². The van der Waals surface area contributed by atoms with Crippen LogP contribution in [0.25, 0.3) is 0 Å². The fourth-order valence-electron chi connectivity index (χ4n) is 2.21. The topological polar surface area (TPSA) is 102 Å². The van der Waals surface area contributed by atoms with Crippen molar-refractivity contribution in [3.05, 3.63) is 0 Å². The summed E-state index contributed by atoms with van der Waals surface area (Å²) in [7, 11) is 0. The largest absolute Gasteiger partial charge is 0.299 e. The van der Waals surface area contributed by atoms with Crippen molar-refractivity contribution in [3.63, 3.8) is 0 Å². The third-order valence-corrected chi connectivity index (χ3v) is 3.00. The minimum Gasteiger partial charge on any atom is -0.299 e. The van der Waals surface area contributed by atoms with Gasteiger partial charge in [0.1, 0.15) is 11.7 Å². The second-order valence-corrected chi connectivity index (χ2v) is 3.99. The van der Waals surface area contributed by atoms with Gasteiger partial charge in [0.25, 0.3) is 5.78 Å². The molecule has 0 aliphatic heterocycles. The average Bonchev–Trinajstić information content (AvgIpc) is 2.39. The summed E-state index contributed by atoms with van der Waals surface area (Å²) in [6.07, 6.45) is 0. The first kappa shape index (κ1) is 13.1. The maximum atomic E-state index is 11.7. The van der Waals surface area contributed by atoms with Crippen LogP contribution in [0.2, 0.25) is 0 Å². The second kappa shape index (κ2) is 3.80. The van der Waals surface area contributed by atoms with Gasteiger partial charge in [0.15, 0.2) is 17.0 Å². The maximum absolute atomic E-state index is 11.7. The zero-order chi connectivity index (χ0) is 13.5. The monoisotopic (exact) mass is 238 g/mol. The molecule has 90 valence electrons. The molecule has 0 aromatic heterocycles. The molecular weight excluding hydrogens is 228 g/mol. The van der Waals surface area contributed by atoms with E-state index in [0.717, 1.165) is 20.8 Å². The van der Waals surface area contributed by atoms with Gasteiger partial charge < -0.3 is 0 Å². The molecule has 0 saturated heterocycles. The summed E-state index contributed by atoms with van der Waals surface area (Å²) >= 11 is 0. The summed E-state index contributed by atoms with van der Waals surface area (Å²) in [6.45, 7) is 2.80. The van der Waals surface area contributed by atoms with Crippen molar-refractivity contribution in [2.24, 2.45) is 11.3 Å². The molecule has 6 nitrogen and oxygen atoms in total. The van der Waals surface area contributed by atoms with Crippen molar-refractivity contribution >= 4 is 34.7 Å². The standard InChI is InChI=1S/C11H10O6/c1-4(12)7-8(15)9(16)10(17)11(7,5(2)13)6(3)14/h7H,1-3H3. The molecule has 0 aromatic rings. The Morgan fingerprint density at radius 3 is 1.59 bits per heavy atom. The van der Waals surface area contributed by atoms with E-state index < -0.39 is 46.0 Å². The molecule has 1 saturated carbocycles. The van der Waals surface area contributed by atoms with E-state index in [1.54, 1.807) is 0 Å². The van der Waals surface area contributed by atoms with Gasteiger partial charge in [-0.25, -0.2) is 0 Å². The van der Waals surface area contributed by atoms with Gasteiger partial charge in [-0.05, 0) is 20.8 Å². The lowest BCUT2D eigenvalue weighted by Crippen LogP contribution is -2.49. The SMILES string of the molecule is CC(=O)C1C(=O)C(=O)C(=O)C1(C(C)=O)C(C)=O. The van der Waals surface area contributed by atoms with Crippen molar-refractivity contribution in [3.8, 4) is 0 Å². The van der Waals surface area contributed by atoms with E-state index in [0.29, 0.717) is 0 Å². The molecule has 0 bridgehead atoms. The molecule has 17 heavy (non-hydrogen) atoms. The summed E-state index contributed by atoms with van der Waals surface area (Å²) in [6, 6.07) is 0. The van der Waals surface area contributed by atoms with E-state index in [9.17, 15) is 28.8 Å². The highest BCUT2D eigenvalue weighted by Gasteiger charge is 2.67. The highest BCUT2D eigenvalue weighted by atomic mass is 16.2. The smallest absolute Gasteiger partial charge is 0.266 e. The number of carbonyl (C=O) groups is 6. The van der Waals surface area contributed by atoms with Gasteiger partial charge >= 0.3 is 0 Å². The Morgan fingerprint density at radius 2 is 1.35 bits per heavy atom. The van der Waals surface area contributed by atoms with Gasteiger partial charge in [-0.1, -0.05) is 0 Å². The van der Waals surface area contributed by atoms with Gasteiger partial charge in [0.05, 0.1) is 0 Å². The lowest BCUT2D eigenvalue weighted by atomic mass is 9.69. The van der Waals surface area contributed by atoms with Crippen molar-refractivity contribution in [2.45, 2.75) is 20.8 Å². The van der Waals surface area contributed by atoms with Crippen molar-refractivity contribution < 1.29 is 28.8 Å². The molecular formula is C11H10O6. The Kier molecular flexibility index (Phi) is 2.92. The molecule has 0 aromatic carbocycles. The highest BCUT2D eigenvalue weighted by molar-refractivity contribution is 6.74. The van der Waals surface area contributed by atoms with Crippen molar-refractivity contribution in [2.75, 3.05) is 0 Å². The fourth-order valence-corrected chi connectivity index (χ4v) is 2.21. The van der Waals surface area contributed by atoms with Crippen LogP contribution in [0.4, 0.5) is 0 Å². The van der Waals surface area contributed by atoms with Crippen LogP contribution in [0.15, 0.2) is 0 Å². The van der Waals surface area contributed by atoms with Crippen LogP contribution >= 0.6 is 0 Å². The van der Waals surface area contributed by atoms with Gasteiger partial charge in [-0.2, -0.15) is 0 Å². The van der Waals surface area contributed by atoms with Gasteiger partial charge in [-0.15, -0.1) is 0 Å².